The molecule has 0 fully saturated rings. The van der Waals surface area contributed by atoms with Gasteiger partial charge in [-0.3, -0.25) is 4.79 Å². The first-order valence-corrected chi connectivity index (χ1v) is 15.7. The first-order chi connectivity index (χ1) is 22.5. The van der Waals surface area contributed by atoms with E-state index in [1.807, 2.05) is 36.4 Å². The van der Waals surface area contributed by atoms with Gasteiger partial charge in [-0.25, -0.2) is 13.6 Å². The van der Waals surface area contributed by atoms with Crippen LogP contribution in [0.3, 0.4) is 0 Å². The molecule has 0 aliphatic heterocycles. The van der Waals surface area contributed by atoms with Gasteiger partial charge in [0, 0.05) is 35.1 Å². The Morgan fingerprint density at radius 3 is 1.66 bits per heavy atom. The zero-order valence-corrected chi connectivity index (χ0v) is 28.9. The van der Waals surface area contributed by atoms with E-state index < -0.39 is 23.5 Å². The van der Waals surface area contributed by atoms with Crippen LogP contribution in [0.4, 0.5) is 8.78 Å². The Morgan fingerprint density at radius 2 is 1.23 bits per heavy atom. The Kier molecular flexibility index (Phi) is 17.6. The summed E-state index contributed by atoms with van der Waals surface area (Å²) < 4.78 is 37.9. The molecule has 0 atom stereocenters. The third-order valence-electron chi connectivity index (χ3n) is 6.29. The SMILES string of the molecule is COc1ccc(CN(CCO)C(=O)c2ccc(Br)cc2F)cc1.COc1ccc(CNCCO)cc1.O=C(O)c1ccc(Br)cc1F. The fraction of sp³-hybridized carbons (Fsp3) is 0.235. The lowest BCUT2D eigenvalue weighted by Gasteiger charge is -2.22. The summed E-state index contributed by atoms with van der Waals surface area (Å²) in [7, 11) is 3.23. The molecule has 0 unspecified atom stereocenters. The number of carbonyl (C=O) groups is 2. The molecule has 0 saturated heterocycles. The highest BCUT2D eigenvalue weighted by molar-refractivity contribution is 9.10. The van der Waals surface area contributed by atoms with Crippen LogP contribution >= 0.6 is 31.9 Å². The number of aliphatic hydroxyl groups excluding tert-OH is 2. The molecular weight excluding hydrogens is 746 g/mol. The van der Waals surface area contributed by atoms with Crippen LogP contribution in [0.1, 0.15) is 31.8 Å². The highest BCUT2D eigenvalue weighted by atomic mass is 79.9. The van der Waals surface area contributed by atoms with Gasteiger partial charge in [-0.15, -0.1) is 0 Å². The van der Waals surface area contributed by atoms with Gasteiger partial charge in [0.15, 0.2) is 0 Å². The molecule has 47 heavy (non-hydrogen) atoms. The molecule has 9 nitrogen and oxygen atoms in total. The highest BCUT2D eigenvalue weighted by Gasteiger charge is 2.19. The van der Waals surface area contributed by atoms with E-state index in [-0.39, 0.29) is 37.4 Å². The van der Waals surface area contributed by atoms with Gasteiger partial charge in [0.1, 0.15) is 23.1 Å². The molecule has 1 amide bonds. The lowest BCUT2D eigenvalue weighted by molar-refractivity contribution is 0.0687. The first-order valence-electron chi connectivity index (χ1n) is 14.1. The van der Waals surface area contributed by atoms with Gasteiger partial charge in [-0.05, 0) is 71.8 Å². The van der Waals surface area contributed by atoms with Crippen molar-refractivity contribution in [2.24, 2.45) is 0 Å². The third kappa shape index (κ3) is 13.8. The molecule has 4 N–H and O–H groups in total. The number of benzene rings is 4. The lowest BCUT2D eigenvalue weighted by Crippen LogP contribution is -2.33. The molecular formula is C34H36Br2F2N2O7. The molecule has 0 spiro atoms. The van der Waals surface area contributed by atoms with Gasteiger partial charge in [0.05, 0.1) is 38.6 Å². The van der Waals surface area contributed by atoms with E-state index in [4.69, 9.17) is 19.7 Å². The molecule has 4 aromatic carbocycles. The highest BCUT2D eigenvalue weighted by Crippen LogP contribution is 2.19. The molecule has 0 radical (unpaired) electrons. The maximum atomic E-state index is 14.0. The van der Waals surface area contributed by atoms with Crippen LogP contribution in [0.25, 0.3) is 0 Å². The molecule has 0 aromatic heterocycles. The summed E-state index contributed by atoms with van der Waals surface area (Å²) in [5.41, 5.74) is 1.72. The van der Waals surface area contributed by atoms with Gasteiger partial charge in [-0.1, -0.05) is 56.1 Å². The van der Waals surface area contributed by atoms with Gasteiger partial charge < -0.3 is 35.0 Å². The van der Waals surface area contributed by atoms with E-state index in [1.54, 1.807) is 32.4 Å². The zero-order valence-electron chi connectivity index (χ0n) is 25.8. The standard InChI is InChI=1S/C17H17BrFNO3.C10H15NO2.C7H4BrFO2/c1-23-14-5-2-12(3-6-14)11-20(8-9-21)17(22)15-7-4-13(18)10-16(15)19;1-13-10-4-2-9(3-5-10)8-11-6-7-12;8-4-1-2-5(7(10)11)6(9)3-4/h2-7,10,21H,8-9,11H2,1H3;2-5,11-12H,6-8H2,1H3;1-3H,(H,10,11). The van der Waals surface area contributed by atoms with Crippen molar-refractivity contribution in [3.63, 3.8) is 0 Å². The van der Waals surface area contributed by atoms with Crippen molar-refractivity contribution in [2.75, 3.05) is 40.5 Å². The van der Waals surface area contributed by atoms with Crippen LogP contribution in [0.5, 0.6) is 11.5 Å². The molecule has 252 valence electrons. The summed E-state index contributed by atoms with van der Waals surface area (Å²) in [6.07, 6.45) is 0. The fourth-order valence-corrected chi connectivity index (χ4v) is 4.54. The van der Waals surface area contributed by atoms with Crippen molar-refractivity contribution in [3.8, 4) is 11.5 Å². The number of hydrogen-bond acceptors (Lipinski definition) is 7. The first kappa shape index (κ1) is 39.3. The Balaban J connectivity index is 0.000000270. The van der Waals surface area contributed by atoms with E-state index >= 15 is 0 Å². The van der Waals surface area contributed by atoms with Crippen molar-refractivity contribution in [3.05, 3.63) is 128 Å². The molecule has 0 saturated carbocycles. The van der Waals surface area contributed by atoms with Crippen molar-refractivity contribution in [1.29, 1.82) is 0 Å². The number of nitrogens with zero attached hydrogens (tertiary/aromatic N) is 1. The number of aromatic carboxylic acids is 1. The number of ether oxygens (including phenoxy) is 2. The minimum absolute atomic E-state index is 0.0184. The normalized spacial score (nSPS) is 10.1. The number of amides is 1. The molecule has 0 bridgehead atoms. The van der Waals surface area contributed by atoms with E-state index in [0.717, 1.165) is 23.9 Å². The number of hydrogen-bond donors (Lipinski definition) is 4. The second-order valence-corrected chi connectivity index (χ2v) is 11.4. The average molecular weight is 782 g/mol. The van der Waals surface area contributed by atoms with E-state index in [0.29, 0.717) is 21.2 Å². The van der Waals surface area contributed by atoms with E-state index in [2.05, 4.69) is 37.2 Å². The Bertz CT molecular complexity index is 1560. The summed E-state index contributed by atoms with van der Waals surface area (Å²) in [6, 6.07) is 23.2. The third-order valence-corrected chi connectivity index (χ3v) is 7.28. The van der Waals surface area contributed by atoms with Crippen LogP contribution in [0.2, 0.25) is 0 Å². The quantitative estimate of drug-likeness (QED) is 0.124. The molecule has 0 aliphatic rings. The largest absolute Gasteiger partial charge is 0.497 e. The van der Waals surface area contributed by atoms with Crippen molar-refractivity contribution in [1.82, 2.24) is 10.2 Å². The van der Waals surface area contributed by atoms with Crippen molar-refractivity contribution >= 4 is 43.7 Å². The van der Waals surface area contributed by atoms with Gasteiger partial charge in [0.2, 0.25) is 0 Å². The second kappa shape index (κ2) is 21.1. The smallest absolute Gasteiger partial charge is 0.338 e. The molecule has 0 aliphatic carbocycles. The Morgan fingerprint density at radius 1 is 0.745 bits per heavy atom. The second-order valence-electron chi connectivity index (χ2n) is 9.60. The number of carboxylic acid groups (broad SMARTS) is 1. The lowest BCUT2D eigenvalue weighted by atomic mass is 10.1. The summed E-state index contributed by atoms with van der Waals surface area (Å²) in [5, 5.41) is 29.2. The van der Waals surface area contributed by atoms with Crippen LogP contribution in [0.15, 0.2) is 93.9 Å². The molecule has 4 rings (SSSR count). The van der Waals surface area contributed by atoms with E-state index in [9.17, 15) is 23.5 Å². The molecule has 4 aromatic rings. The number of methoxy groups -OCH3 is 2. The Hall–Kier alpha value is -3.88. The minimum atomic E-state index is -1.25. The van der Waals surface area contributed by atoms with Crippen LogP contribution in [-0.4, -0.2) is 72.6 Å². The van der Waals surface area contributed by atoms with Gasteiger partial charge >= 0.3 is 5.97 Å². The number of carbonyl (C=O) groups excluding carboxylic acids is 1. The topological polar surface area (TPSA) is 129 Å². The van der Waals surface area contributed by atoms with Crippen LogP contribution in [0, 0.1) is 11.6 Å². The van der Waals surface area contributed by atoms with Crippen molar-refractivity contribution < 1.29 is 43.2 Å². The summed E-state index contributed by atoms with van der Waals surface area (Å²) in [6.45, 7) is 1.80. The number of rotatable bonds is 12. The number of halogens is 4. The summed E-state index contributed by atoms with van der Waals surface area (Å²) >= 11 is 6.18. The monoisotopic (exact) mass is 780 g/mol. The van der Waals surface area contributed by atoms with Gasteiger partial charge in [-0.2, -0.15) is 0 Å². The maximum absolute atomic E-state index is 14.0. The summed E-state index contributed by atoms with van der Waals surface area (Å²) in [4.78, 5) is 24.2. The van der Waals surface area contributed by atoms with E-state index in [1.165, 1.54) is 34.7 Å². The van der Waals surface area contributed by atoms with Crippen molar-refractivity contribution in [2.45, 2.75) is 13.1 Å². The number of nitrogens with one attached hydrogen (secondary N) is 1. The summed E-state index contributed by atoms with van der Waals surface area (Å²) in [5.74, 6) is -1.46. The molecule has 13 heteroatoms. The predicted molar refractivity (Wildman–Crippen MR) is 182 cm³/mol. The van der Waals surface area contributed by atoms with Crippen LogP contribution < -0.4 is 14.8 Å². The number of carboxylic acids is 1. The number of aliphatic hydroxyl groups is 2. The minimum Gasteiger partial charge on any atom is -0.497 e. The predicted octanol–water partition coefficient (Wildman–Crippen LogP) is 6.30. The average Bonchev–Trinajstić information content (AvgIpc) is 3.05. The fourth-order valence-electron chi connectivity index (χ4n) is 3.88. The maximum Gasteiger partial charge on any atom is 0.338 e. The molecule has 0 heterocycles. The van der Waals surface area contributed by atoms with Crippen LogP contribution in [-0.2, 0) is 13.1 Å². The zero-order chi connectivity index (χ0) is 34.8. The van der Waals surface area contributed by atoms with Gasteiger partial charge in [0.25, 0.3) is 5.91 Å². The Labute approximate surface area is 289 Å².